The van der Waals surface area contributed by atoms with Crippen LogP contribution in [0.2, 0.25) is 0 Å². The first-order chi connectivity index (χ1) is 10.6. The van der Waals surface area contributed by atoms with Crippen LogP contribution < -0.4 is 10.2 Å². The Kier molecular flexibility index (Phi) is 4.11. The molecule has 0 spiro atoms. The number of aromatic nitrogens is 1. The second-order valence-electron chi connectivity index (χ2n) is 5.22. The molecular formula is C16H19N3O3. The molecule has 2 aromatic rings. The van der Waals surface area contributed by atoms with Gasteiger partial charge in [0, 0.05) is 20.0 Å². The van der Waals surface area contributed by atoms with Crippen LogP contribution in [0.3, 0.4) is 0 Å². The molecular weight excluding hydrogens is 282 g/mol. The zero-order valence-corrected chi connectivity index (χ0v) is 12.8. The van der Waals surface area contributed by atoms with Gasteiger partial charge in [0.2, 0.25) is 5.76 Å². The van der Waals surface area contributed by atoms with Crippen molar-refractivity contribution in [3.8, 4) is 0 Å². The molecule has 1 aliphatic rings. The molecule has 0 atom stereocenters. The van der Waals surface area contributed by atoms with Gasteiger partial charge in [-0.2, -0.15) is 0 Å². The molecule has 0 saturated carbocycles. The number of amides is 1. The molecule has 1 amide bonds. The average molecular weight is 301 g/mol. The van der Waals surface area contributed by atoms with Crippen LogP contribution in [0.4, 0.5) is 11.4 Å². The predicted octanol–water partition coefficient (Wildman–Crippen LogP) is 2.38. The topological polar surface area (TPSA) is 67.6 Å². The van der Waals surface area contributed by atoms with E-state index in [0.29, 0.717) is 24.8 Å². The minimum absolute atomic E-state index is 0.259. The van der Waals surface area contributed by atoms with Gasteiger partial charge in [-0.25, -0.2) is 4.98 Å². The molecule has 1 aromatic heterocycles. The number of hydrogen-bond donors (Lipinski definition) is 1. The van der Waals surface area contributed by atoms with E-state index >= 15 is 0 Å². The zero-order chi connectivity index (χ0) is 15.5. The standard InChI is InChI=1S/C16H19N3O3/c1-11-15(22-12(2)17-11)16(20)18-13-5-3-4-6-14(13)19-7-9-21-10-8-19/h3-6H,7-10H2,1-2H3,(H,18,20). The fraction of sp³-hybridized carbons (Fsp3) is 0.375. The average Bonchev–Trinajstić information content (AvgIpc) is 2.87. The molecule has 22 heavy (non-hydrogen) atoms. The summed E-state index contributed by atoms with van der Waals surface area (Å²) in [4.78, 5) is 18.7. The first-order valence-corrected chi connectivity index (χ1v) is 7.32. The summed E-state index contributed by atoms with van der Waals surface area (Å²) in [5.41, 5.74) is 2.36. The van der Waals surface area contributed by atoms with Gasteiger partial charge in [0.1, 0.15) is 0 Å². The minimum atomic E-state index is -0.279. The van der Waals surface area contributed by atoms with Crippen molar-refractivity contribution in [2.24, 2.45) is 0 Å². The van der Waals surface area contributed by atoms with Gasteiger partial charge in [-0.3, -0.25) is 4.79 Å². The molecule has 1 aliphatic heterocycles. The Bertz CT molecular complexity index is 675. The minimum Gasteiger partial charge on any atom is -0.436 e. The Balaban J connectivity index is 1.83. The number of carbonyl (C=O) groups is 1. The third-order valence-corrected chi connectivity index (χ3v) is 3.61. The molecule has 0 radical (unpaired) electrons. The predicted molar refractivity (Wildman–Crippen MR) is 83.4 cm³/mol. The van der Waals surface area contributed by atoms with Crippen LogP contribution in [0, 0.1) is 13.8 Å². The van der Waals surface area contributed by atoms with E-state index in [1.165, 1.54) is 0 Å². The van der Waals surface area contributed by atoms with Crippen LogP contribution in [0.1, 0.15) is 22.1 Å². The summed E-state index contributed by atoms with van der Waals surface area (Å²) in [5.74, 6) is 0.470. The van der Waals surface area contributed by atoms with E-state index in [4.69, 9.17) is 9.15 Å². The fourth-order valence-corrected chi connectivity index (χ4v) is 2.58. The number of hydrogen-bond acceptors (Lipinski definition) is 5. The van der Waals surface area contributed by atoms with Crippen LogP contribution in [0.15, 0.2) is 28.7 Å². The van der Waals surface area contributed by atoms with Crippen molar-refractivity contribution in [2.45, 2.75) is 13.8 Å². The zero-order valence-electron chi connectivity index (χ0n) is 12.8. The molecule has 116 valence electrons. The highest BCUT2D eigenvalue weighted by molar-refractivity contribution is 6.04. The number of oxazole rings is 1. The van der Waals surface area contributed by atoms with E-state index in [0.717, 1.165) is 24.5 Å². The Labute approximate surface area is 129 Å². The quantitative estimate of drug-likeness (QED) is 0.942. The summed E-state index contributed by atoms with van der Waals surface area (Å²) in [6.07, 6.45) is 0. The van der Waals surface area contributed by atoms with Crippen molar-refractivity contribution in [3.05, 3.63) is 41.6 Å². The van der Waals surface area contributed by atoms with Crippen LogP contribution >= 0.6 is 0 Å². The number of rotatable bonds is 3. The van der Waals surface area contributed by atoms with Gasteiger partial charge in [-0.1, -0.05) is 12.1 Å². The Morgan fingerprint density at radius 2 is 1.95 bits per heavy atom. The molecule has 0 aliphatic carbocycles. The molecule has 1 N–H and O–H groups in total. The maximum Gasteiger partial charge on any atom is 0.293 e. The maximum atomic E-state index is 12.4. The molecule has 1 fully saturated rings. The second kappa shape index (κ2) is 6.19. The van der Waals surface area contributed by atoms with Crippen molar-refractivity contribution in [1.29, 1.82) is 0 Å². The third-order valence-electron chi connectivity index (χ3n) is 3.61. The van der Waals surface area contributed by atoms with Crippen LogP contribution in [0.5, 0.6) is 0 Å². The van der Waals surface area contributed by atoms with Crippen molar-refractivity contribution in [2.75, 3.05) is 36.5 Å². The largest absolute Gasteiger partial charge is 0.436 e. The molecule has 1 saturated heterocycles. The molecule has 0 bridgehead atoms. The van der Waals surface area contributed by atoms with Crippen LogP contribution in [0.25, 0.3) is 0 Å². The van der Waals surface area contributed by atoms with Crippen molar-refractivity contribution >= 4 is 17.3 Å². The van der Waals surface area contributed by atoms with Crippen molar-refractivity contribution < 1.29 is 13.9 Å². The van der Waals surface area contributed by atoms with E-state index in [1.54, 1.807) is 13.8 Å². The first-order valence-electron chi connectivity index (χ1n) is 7.32. The Morgan fingerprint density at radius 1 is 1.23 bits per heavy atom. The lowest BCUT2D eigenvalue weighted by molar-refractivity contribution is 0.0994. The summed E-state index contributed by atoms with van der Waals surface area (Å²) in [7, 11) is 0. The van der Waals surface area contributed by atoms with Gasteiger partial charge in [0.05, 0.1) is 30.3 Å². The van der Waals surface area contributed by atoms with Gasteiger partial charge < -0.3 is 19.4 Å². The van der Waals surface area contributed by atoms with Gasteiger partial charge in [-0.05, 0) is 19.1 Å². The van der Waals surface area contributed by atoms with Gasteiger partial charge in [-0.15, -0.1) is 0 Å². The Morgan fingerprint density at radius 3 is 2.64 bits per heavy atom. The lowest BCUT2D eigenvalue weighted by Crippen LogP contribution is -2.36. The number of aryl methyl sites for hydroxylation is 2. The molecule has 3 rings (SSSR count). The van der Waals surface area contributed by atoms with E-state index in [-0.39, 0.29) is 11.7 Å². The highest BCUT2D eigenvalue weighted by Gasteiger charge is 2.19. The van der Waals surface area contributed by atoms with Crippen molar-refractivity contribution in [1.82, 2.24) is 4.98 Å². The Hall–Kier alpha value is -2.34. The van der Waals surface area contributed by atoms with Crippen molar-refractivity contribution in [3.63, 3.8) is 0 Å². The summed E-state index contributed by atoms with van der Waals surface area (Å²) in [6, 6.07) is 7.75. The first kappa shape index (κ1) is 14.6. The summed E-state index contributed by atoms with van der Waals surface area (Å²) in [6.45, 7) is 6.51. The summed E-state index contributed by atoms with van der Waals surface area (Å²) < 4.78 is 10.8. The molecule has 0 unspecified atom stereocenters. The molecule has 6 nitrogen and oxygen atoms in total. The second-order valence-corrected chi connectivity index (χ2v) is 5.22. The number of ether oxygens (including phenoxy) is 1. The third kappa shape index (κ3) is 2.96. The number of para-hydroxylation sites is 2. The van der Waals surface area contributed by atoms with Crippen LogP contribution in [-0.2, 0) is 4.74 Å². The molecule has 1 aromatic carbocycles. The van der Waals surface area contributed by atoms with E-state index in [9.17, 15) is 4.79 Å². The smallest absolute Gasteiger partial charge is 0.293 e. The van der Waals surface area contributed by atoms with E-state index < -0.39 is 0 Å². The number of nitrogens with zero attached hydrogens (tertiary/aromatic N) is 2. The highest BCUT2D eigenvalue weighted by Crippen LogP contribution is 2.27. The molecule has 6 heteroatoms. The maximum absolute atomic E-state index is 12.4. The van der Waals surface area contributed by atoms with Crippen LogP contribution in [-0.4, -0.2) is 37.2 Å². The van der Waals surface area contributed by atoms with E-state index in [2.05, 4.69) is 15.2 Å². The lowest BCUT2D eigenvalue weighted by atomic mass is 10.2. The number of nitrogens with one attached hydrogen (secondary N) is 1. The fourth-order valence-electron chi connectivity index (χ4n) is 2.58. The number of benzene rings is 1. The van der Waals surface area contributed by atoms with E-state index in [1.807, 2.05) is 24.3 Å². The highest BCUT2D eigenvalue weighted by atomic mass is 16.5. The van der Waals surface area contributed by atoms with Gasteiger partial charge >= 0.3 is 0 Å². The number of morpholine rings is 1. The lowest BCUT2D eigenvalue weighted by Gasteiger charge is -2.30. The molecule has 2 heterocycles. The van der Waals surface area contributed by atoms with Gasteiger partial charge in [0.15, 0.2) is 5.89 Å². The SMILES string of the molecule is Cc1nc(C)c(C(=O)Nc2ccccc2N2CCOCC2)o1. The number of carbonyl (C=O) groups excluding carboxylic acids is 1. The number of anilines is 2. The normalized spacial score (nSPS) is 14.9. The van der Waals surface area contributed by atoms with Gasteiger partial charge in [0.25, 0.3) is 5.91 Å². The summed E-state index contributed by atoms with van der Waals surface area (Å²) in [5, 5.41) is 2.92. The summed E-state index contributed by atoms with van der Waals surface area (Å²) >= 11 is 0. The monoisotopic (exact) mass is 301 g/mol.